The maximum absolute atomic E-state index is 12.2. The van der Waals surface area contributed by atoms with Crippen LogP contribution in [0.5, 0.6) is 0 Å². The van der Waals surface area contributed by atoms with Crippen LogP contribution in [-0.4, -0.2) is 28.3 Å². The third kappa shape index (κ3) is 3.01. The molecule has 2 rings (SSSR count). The van der Waals surface area contributed by atoms with E-state index in [0.717, 1.165) is 24.0 Å². The highest BCUT2D eigenvalue weighted by Crippen LogP contribution is 2.40. The molecule has 17 heavy (non-hydrogen) atoms. The van der Waals surface area contributed by atoms with Gasteiger partial charge in [0.1, 0.15) is 0 Å². The van der Waals surface area contributed by atoms with E-state index in [4.69, 9.17) is 0 Å². The molecule has 0 aromatic rings. The number of hydrogen-bond acceptors (Lipinski definition) is 2. The molecular formula is C13H22BrNOS. The first-order valence-corrected chi connectivity index (χ1v) is 8.69. The standard InChI is InChI=1S/C13H22BrNOS/c1-12(5-4-8-17-12)11(16)15-10-13(9-14)6-2-3-7-13/h2-10H2,1H3,(H,15,16). The van der Waals surface area contributed by atoms with Gasteiger partial charge in [0.15, 0.2) is 0 Å². The Kier molecular flexibility index (Phi) is 4.45. The zero-order valence-corrected chi connectivity index (χ0v) is 13.0. The molecule has 0 aromatic heterocycles. The first kappa shape index (κ1) is 13.7. The van der Waals surface area contributed by atoms with E-state index in [1.54, 1.807) is 0 Å². The van der Waals surface area contributed by atoms with Gasteiger partial charge >= 0.3 is 0 Å². The van der Waals surface area contributed by atoms with Crippen LogP contribution in [0.1, 0.15) is 45.4 Å². The van der Waals surface area contributed by atoms with Gasteiger partial charge in [-0.25, -0.2) is 0 Å². The van der Waals surface area contributed by atoms with Gasteiger partial charge < -0.3 is 5.32 Å². The summed E-state index contributed by atoms with van der Waals surface area (Å²) in [6.07, 6.45) is 7.34. The van der Waals surface area contributed by atoms with Crippen molar-refractivity contribution in [2.75, 3.05) is 17.6 Å². The van der Waals surface area contributed by atoms with Crippen LogP contribution in [0.3, 0.4) is 0 Å². The van der Waals surface area contributed by atoms with Crippen molar-refractivity contribution in [2.24, 2.45) is 5.41 Å². The van der Waals surface area contributed by atoms with Crippen LogP contribution < -0.4 is 5.32 Å². The lowest BCUT2D eigenvalue weighted by Crippen LogP contribution is -2.45. The van der Waals surface area contributed by atoms with Crippen molar-refractivity contribution < 1.29 is 4.79 Å². The lowest BCUT2D eigenvalue weighted by molar-refractivity contribution is -0.123. The monoisotopic (exact) mass is 319 g/mol. The van der Waals surface area contributed by atoms with Gasteiger partial charge in [-0.2, -0.15) is 0 Å². The van der Waals surface area contributed by atoms with Crippen LogP contribution in [0.4, 0.5) is 0 Å². The van der Waals surface area contributed by atoms with Crippen molar-refractivity contribution >= 4 is 33.6 Å². The molecule has 98 valence electrons. The summed E-state index contributed by atoms with van der Waals surface area (Å²) >= 11 is 5.44. The first-order chi connectivity index (χ1) is 8.10. The minimum absolute atomic E-state index is 0.161. The number of carbonyl (C=O) groups excluding carboxylic acids is 1. The van der Waals surface area contributed by atoms with Crippen LogP contribution in [-0.2, 0) is 4.79 Å². The number of halogens is 1. The number of nitrogens with one attached hydrogen (secondary N) is 1. The van der Waals surface area contributed by atoms with Crippen molar-refractivity contribution in [1.82, 2.24) is 5.32 Å². The maximum atomic E-state index is 12.2. The van der Waals surface area contributed by atoms with Gasteiger partial charge in [-0.15, -0.1) is 11.8 Å². The molecule has 0 aromatic carbocycles. The molecule has 0 radical (unpaired) electrons. The Morgan fingerprint density at radius 2 is 2.00 bits per heavy atom. The molecule has 1 amide bonds. The van der Waals surface area contributed by atoms with Crippen molar-refractivity contribution in [2.45, 2.75) is 50.2 Å². The van der Waals surface area contributed by atoms with Crippen molar-refractivity contribution in [1.29, 1.82) is 0 Å². The van der Waals surface area contributed by atoms with Crippen LogP contribution >= 0.6 is 27.7 Å². The number of alkyl halides is 1. The topological polar surface area (TPSA) is 29.1 Å². The van der Waals surface area contributed by atoms with Gasteiger partial charge in [0.25, 0.3) is 0 Å². The number of amides is 1. The average molecular weight is 320 g/mol. The number of carbonyl (C=O) groups is 1. The fourth-order valence-corrected chi connectivity index (χ4v) is 4.89. The third-order valence-corrected chi connectivity index (χ3v) is 6.98. The van der Waals surface area contributed by atoms with Crippen molar-refractivity contribution in [3.05, 3.63) is 0 Å². The second kappa shape index (κ2) is 5.52. The van der Waals surface area contributed by atoms with E-state index in [9.17, 15) is 4.79 Å². The molecule has 1 unspecified atom stereocenters. The van der Waals surface area contributed by atoms with Crippen LogP contribution in [0, 0.1) is 5.41 Å². The molecule has 1 saturated carbocycles. The fraction of sp³-hybridized carbons (Fsp3) is 0.923. The molecule has 1 saturated heterocycles. The van der Waals surface area contributed by atoms with E-state index < -0.39 is 0 Å². The lowest BCUT2D eigenvalue weighted by atomic mass is 9.88. The molecule has 2 nitrogen and oxygen atoms in total. The Morgan fingerprint density at radius 1 is 1.29 bits per heavy atom. The predicted molar refractivity (Wildman–Crippen MR) is 77.8 cm³/mol. The molecular weight excluding hydrogens is 298 g/mol. The number of hydrogen-bond donors (Lipinski definition) is 1. The number of rotatable bonds is 4. The molecule has 1 N–H and O–H groups in total. The Morgan fingerprint density at radius 3 is 2.53 bits per heavy atom. The van der Waals surface area contributed by atoms with Gasteiger partial charge in [0.05, 0.1) is 4.75 Å². The molecule has 4 heteroatoms. The molecule has 0 bridgehead atoms. The lowest BCUT2D eigenvalue weighted by Gasteiger charge is -2.29. The second-order valence-electron chi connectivity index (χ2n) is 5.71. The highest BCUT2D eigenvalue weighted by atomic mass is 79.9. The van der Waals surface area contributed by atoms with E-state index in [1.807, 2.05) is 11.8 Å². The SMILES string of the molecule is CC1(C(=O)NCC2(CBr)CCCC2)CCCS1. The minimum atomic E-state index is -0.161. The summed E-state index contributed by atoms with van der Waals surface area (Å²) in [7, 11) is 0. The normalized spacial score (nSPS) is 31.6. The summed E-state index contributed by atoms with van der Waals surface area (Å²) < 4.78 is -0.161. The zero-order valence-electron chi connectivity index (χ0n) is 10.6. The zero-order chi connectivity index (χ0) is 12.4. The summed E-state index contributed by atoms with van der Waals surface area (Å²) in [4.78, 5) is 12.2. The Bertz CT molecular complexity index is 283. The van der Waals surface area contributed by atoms with E-state index in [-0.39, 0.29) is 10.7 Å². The van der Waals surface area contributed by atoms with E-state index in [1.165, 1.54) is 32.1 Å². The molecule has 1 atom stereocenters. The summed E-state index contributed by atoms with van der Waals surface area (Å²) in [6, 6.07) is 0. The summed E-state index contributed by atoms with van der Waals surface area (Å²) in [5, 5.41) is 4.23. The van der Waals surface area contributed by atoms with Gasteiger partial charge in [-0.3, -0.25) is 4.79 Å². The molecule has 2 fully saturated rings. The fourth-order valence-electron chi connectivity index (χ4n) is 2.90. The van der Waals surface area contributed by atoms with Crippen molar-refractivity contribution in [3.63, 3.8) is 0 Å². The molecule has 1 aliphatic carbocycles. The Labute approximate surface area is 117 Å². The average Bonchev–Trinajstić information content (AvgIpc) is 2.96. The quantitative estimate of drug-likeness (QED) is 0.805. The molecule has 1 aliphatic heterocycles. The van der Waals surface area contributed by atoms with E-state index in [2.05, 4.69) is 28.2 Å². The summed E-state index contributed by atoms with van der Waals surface area (Å²) in [6.45, 7) is 2.95. The van der Waals surface area contributed by atoms with Crippen LogP contribution in [0.15, 0.2) is 0 Å². The highest BCUT2D eigenvalue weighted by Gasteiger charge is 2.39. The Balaban J connectivity index is 1.87. The minimum Gasteiger partial charge on any atom is -0.354 e. The number of thioether (sulfide) groups is 1. The molecule has 0 spiro atoms. The van der Waals surface area contributed by atoms with E-state index >= 15 is 0 Å². The first-order valence-electron chi connectivity index (χ1n) is 6.59. The van der Waals surface area contributed by atoms with Crippen molar-refractivity contribution in [3.8, 4) is 0 Å². The third-order valence-electron chi connectivity index (χ3n) is 4.27. The van der Waals surface area contributed by atoms with Gasteiger partial charge in [-0.1, -0.05) is 28.8 Å². The summed E-state index contributed by atoms with van der Waals surface area (Å²) in [5.74, 6) is 1.39. The van der Waals surface area contributed by atoms with Gasteiger partial charge in [-0.05, 0) is 43.8 Å². The smallest absolute Gasteiger partial charge is 0.235 e. The molecule has 2 aliphatic rings. The Hall–Kier alpha value is 0.300. The predicted octanol–water partition coefficient (Wildman–Crippen LogP) is 3.34. The largest absolute Gasteiger partial charge is 0.354 e. The van der Waals surface area contributed by atoms with Gasteiger partial charge in [0, 0.05) is 11.9 Å². The van der Waals surface area contributed by atoms with Crippen LogP contribution in [0.2, 0.25) is 0 Å². The second-order valence-corrected chi connectivity index (χ2v) is 7.86. The highest BCUT2D eigenvalue weighted by molar-refractivity contribution is 9.09. The maximum Gasteiger partial charge on any atom is 0.235 e. The summed E-state index contributed by atoms with van der Waals surface area (Å²) in [5.41, 5.74) is 0.329. The molecule has 1 heterocycles. The van der Waals surface area contributed by atoms with E-state index in [0.29, 0.717) is 5.41 Å². The van der Waals surface area contributed by atoms with Crippen LogP contribution in [0.25, 0.3) is 0 Å². The van der Waals surface area contributed by atoms with Gasteiger partial charge in [0.2, 0.25) is 5.91 Å².